The number of halogens is 1. The van der Waals surface area contributed by atoms with Gasteiger partial charge in [0, 0.05) is 18.1 Å². The maximum atomic E-state index is 6.09. The molecule has 0 aliphatic rings. The van der Waals surface area contributed by atoms with Crippen molar-refractivity contribution >= 4 is 34.1 Å². The number of aromatic nitrogens is 3. The molecule has 0 bridgehead atoms. The number of hydrogen-bond acceptors (Lipinski definition) is 5. The van der Waals surface area contributed by atoms with Crippen molar-refractivity contribution in [2.45, 2.75) is 11.1 Å². The molecule has 0 saturated carbocycles. The van der Waals surface area contributed by atoms with Crippen LogP contribution < -0.4 is 5.73 Å². The molecular weight excluding hydrogens is 316 g/mol. The van der Waals surface area contributed by atoms with E-state index < -0.39 is 0 Å². The SMILES string of the molecule is CSc1nc(Cl)cc(C(CN)c2cc3ccccc3cn2)n1. The molecular formula is C16H15ClN4S. The van der Waals surface area contributed by atoms with Crippen molar-refractivity contribution in [3.63, 3.8) is 0 Å². The highest BCUT2D eigenvalue weighted by Gasteiger charge is 2.18. The first-order valence-electron chi connectivity index (χ1n) is 6.84. The van der Waals surface area contributed by atoms with Crippen LogP contribution in [0.3, 0.4) is 0 Å². The molecule has 0 amide bonds. The molecule has 1 unspecified atom stereocenters. The molecule has 0 aliphatic carbocycles. The number of nitrogens with zero attached hydrogens (tertiary/aromatic N) is 3. The predicted molar refractivity (Wildman–Crippen MR) is 91.5 cm³/mol. The molecule has 4 nitrogen and oxygen atoms in total. The summed E-state index contributed by atoms with van der Waals surface area (Å²) in [5.74, 6) is -0.101. The number of nitrogens with two attached hydrogens (primary N) is 1. The molecule has 1 aromatic carbocycles. The first-order valence-corrected chi connectivity index (χ1v) is 8.44. The van der Waals surface area contributed by atoms with Crippen molar-refractivity contribution in [2.24, 2.45) is 5.73 Å². The molecule has 3 rings (SSSR count). The van der Waals surface area contributed by atoms with E-state index in [1.165, 1.54) is 11.8 Å². The van der Waals surface area contributed by atoms with E-state index in [-0.39, 0.29) is 5.92 Å². The minimum atomic E-state index is -0.101. The second-order valence-corrected chi connectivity index (χ2v) is 6.01. The predicted octanol–water partition coefficient (Wildman–Crippen LogP) is 3.49. The van der Waals surface area contributed by atoms with Crippen LogP contribution in [0.4, 0.5) is 0 Å². The van der Waals surface area contributed by atoms with Gasteiger partial charge in [-0.2, -0.15) is 0 Å². The van der Waals surface area contributed by atoms with Crippen LogP contribution >= 0.6 is 23.4 Å². The monoisotopic (exact) mass is 330 g/mol. The second-order valence-electron chi connectivity index (χ2n) is 4.85. The van der Waals surface area contributed by atoms with Crippen molar-refractivity contribution in [1.29, 1.82) is 0 Å². The minimum absolute atomic E-state index is 0.101. The zero-order chi connectivity index (χ0) is 15.5. The average Bonchev–Trinajstić information content (AvgIpc) is 2.55. The van der Waals surface area contributed by atoms with E-state index in [0.29, 0.717) is 16.9 Å². The number of rotatable bonds is 4. The zero-order valence-electron chi connectivity index (χ0n) is 12.0. The summed E-state index contributed by atoms with van der Waals surface area (Å²) in [6, 6.07) is 11.9. The van der Waals surface area contributed by atoms with Gasteiger partial charge >= 0.3 is 0 Å². The lowest BCUT2D eigenvalue weighted by Gasteiger charge is -2.15. The number of hydrogen-bond donors (Lipinski definition) is 1. The number of benzene rings is 1. The highest BCUT2D eigenvalue weighted by atomic mass is 35.5. The average molecular weight is 331 g/mol. The number of fused-ring (bicyclic) bond motifs is 1. The molecule has 0 fully saturated rings. The van der Waals surface area contributed by atoms with Gasteiger partial charge < -0.3 is 5.73 Å². The van der Waals surface area contributed by atoms with Crippen molar-refractivity contribution in [3.05, 3.63) is 59.1 Å². The van der Waals surface area contributed by atoms with E-state index in [1.54, 1.807) is 6.07 Å². The molecule has 0 radical (unpaired) electrons. The fourth-order valence-corrected chi connectivity index (χ4v) is 3.00. The van der Waals surface area contributed by atoms with Crippen molar-refractivity contribution in [1.82, 2.24) is 15.0 Å². The Bertz CT molecular complexity index is 809. The quantitative estimate of drug-likeness (QED) is 0.450. The minimum Gasteiger partial charge on any atom is -0.329 e. The summed E-state index contributed by atoms with van der Waals surface area (Å²) in [5.41, 5.74) is 7.66. The first-order chi connectivity index (χ1) is 10.7. The standard InChI is InChI=1S/C16H15ClN4S/c1-22-16-20-14(7-15(17)21-16)12(8-18)13-6-10-4-2-3-5-11(10)9-19-13/h2-7,9,12H,8,18H2,1H3. The van der Waals surface area contributed by atoms with Gasteiger partial charge in [0.15, 0.2) is 5.16 Å². The number of thioether (sulfide) groups is 1. The van der Waals surface area contributed by atoms with Crippen molar-refractivity contribution < 1.29 is 0 Å². The Kier molecular flexibility index (Phi) is 4.57. The summed E-state index contributed by atoms with van der Waals surface area (Å²) in [5, 5.41) is 3.30. The third-order valence-corrected chi connectivity index (χ3v) is 4.22. The highest BCUT2D eigenvalue weighted by molar-refractivity contribution is 7.98. The fourth-order valence-electron chi connectivity index (χ4n) is 2.37. The van der Waals surface area contributed by atoms with E-state index >= 15 is 0 Å². The van der Waals surface area contributed by atoms with Gasteiger partial charge in [-0.3, -0.25) is 4.98 Å². The molecule has 22 heavy (non-hydrogen) atoms. The van der Waals surface area contributed by atoms with E-state index in [1.807, 2.05) is 30.7 Å². The number of pyridine rings is 1. The largest absolute Gasteiger partial charge is 0.329 e. The molecule has 2 N–H and O–H groups in total. The Morgan fingerprint density at radius 3 is 2.64 bits per heavy atom. The van der Waals surface area contributed by atoms with Crippen LogP contribution in [0, 0.1) is 0 Å². The lowest BCUT2D eigenvalue weighted by Crippen LogP contribution is -2.17. The van der Waals surface area contributed by atoms with Gasteiger partial charge in [-0.1, -0.05) is 47.6 Å². The summed E-state index contributed by atoms with van der Waals surface area (Å²) in [6.45, 7) is 0.409. The summed E-state index contributed by atoms with van der Waals surface area (Å²) >= 11 is 7.54. The maximum Gasteiger partial charge on any atom is 0.188 e. The fraction of sp³-hybridized carbons (Fsp3) is 0.188. The summed E-state index contributed by atoms with van der Waals surface area (Å²) in [4.78, 5) is 13.2. The van der Waals surface area contributed by atoms with Crippen LogP contribution in [0.2, 0.25) is 5.15 Å². The lowest BCUT2D eigenvalue weighted by molar-refractivity contribution is 0.737. The summed E-state index contributed by atoms with van der Waals surface area (Å²) in [6.07, 6.45) is 3.78. The molecule has 3 aromatic rings. The van der Waals surface area contributed by atoms with E-state index in [4.69, 9.17) is 17.3 Å². The molecule has 2 heterocycles. The third kappa shape index (κ3) is 3.06. The molecule has 1 atom stereocenters. The molecule has 2 aromatic heterocycles. The van der Waals surface area contributed by atoms with Gasteiger partial charge in [-0.15, -0.1) is 0 Å². The van der Waals surface area contributed by atoms with Crippen molar-refractivity contribution in [2.75, 3.05) is 12.8 Å². The molecule has 0 aliphatic heterocycles. The van der Waals surface area contributed by atoms with E-state index in [0.717, 1.165) is 22.2 Å². The van der Waals surface area contributed by atoms with Crippen LogP contribution in [0.25, 0.3) is 10.8 Å². The Morgan fingerprint density at radius 2 is 1.91 bits per heavy atom. The molecule has 112 valence electrons. The zero-order valence-corrected chi connectivity index (χ0v) is 13.6. The van der Waals surface area contributed by atoms with E-state index in [2.05, 4.69) is 27.1 Å². The normalized spacial score (nSPS) is 12.5. The molecule has 0 saturated heterocycles. The Balaban J connectivity index is 2.07. The second kappa shape index (κ2) is 6.60. The van der Waals surface area contributed by atoms with Crippen LogP contribution in [-0.2, 0) is 0 Å². The van der Waals surface area contributed by atoms with Gasteiger partial charge in [0.1, 0.15) is 5.15 Å². The van der Waals surface area contributed by atoms with Gasteiger partial charge in [-0.25, -0.2) is 9.97 Å². The molecule has 0 spiro atoms. The van der Waals surface area contributed by atoms with Crippen LogP contribution in [0.15, 0.2) is 47.8 Å². The van der Waals surface area contributed by atoms with Gasteiger partial charge in [0.2, 0.25) is 0 Å². The topological polar surface area (TPSA) is 64.7 Å². The highest BCUT2D eigenvalue weighted by Crippen LogP contribution is 2.26. The Hall–Kier alpha value is -1.69. The smallest absolute Gasteiger partial charge is 0.188 e. The first kappa shape index (κ1) is 15.2. The van der Waals surface area contributed by atoms with E-state index in [9.17, 15) is 0 Å². The van der Waals surface area contributed by atoms with Gasteiger partial charge in [0.25, 0.3) is 0 Å². The Morgan fingerprint density at radius 1 is 1.14 bits per heavy atom. The summed E-state index contributed by atoms with van der Waals surface area (Å²) in [7, 11) is 0. The lowest BCUT2D eigenvalue weighted by atomic mass is 9.99. The Labute approximate surface area is 138 Å². The van der Waals surface area contributed by atoms with Gasteiger partial charge in [0.05, 0.1) is 17.3 Å². The van der Waals surface area contributed by atoms with Crippen LogP contribution in [-0.4, -0.2) is 27.8 Å². The van der Waals surface area contributed by atoms with Crippen LogP contribution in [0.5, 0.6) is 0 Å². The summed E-state index contributed by atoms with van der Waals surface area (Å²) < 4.78 is 0. The van der Waals surface area contributed by atoms with Crippen LogP contribution in [0.1, 0.15) is 17.3 Å². The molecule has 6 heteroatoms. The van der Waals surface area contributed by atoms with Gasteiger partial charge in [-0.05, 0) is 23.8 Å². The maximum absolute atomic E-state index is 6.09. The third-order valence-electron chi connectivity index (χ3n) is 3.48. The van der Waals surface area contributed by atoms with Crippen molar-refractivity contribution in [3.8, 4) is 0 Å².